The number of hydrogen-bond acceptors (Lipinski definition) is 3. The zero-order valence-corrected chi connectivity index (χ0v) is 13.3. The minimum Gasteiger partial charge on any atom is -0.369 e. The summed E-state index contributed by atoms with van der Waals surface area (Å²) in [5, 5.41) is 4.54. The minimum atomic E-state index is 0.603. The molecule has 3 rings (SSSR count). The molecule has 0 aromatic carbocycles. The number of rotatable bonds is 4. The highest BCUT2D eigenvalue weighted by atomic mass is 35.5. The average molecular weight is 314 g/mol. The normalized spacial score (nSPS) is 25.1. The van der Waals surface area contributed by atoms with Gasteiger partial charge in [-0.25, -0.2) is 4.98 Å². The van der Waals surface area contributed by atoms with Gasteiger partial charge in [-0.1, -0.05) is 36.5 Å². The molecule has 5 heteroatoms. The fourth-order valence-corrected chi connectivity index (χ4v) is 4.00. The standard InChI is InChI=1S/C15H21Cl2N3/c1-2-6-18-14-12(16)7-13(17)15(19-14)20-8-10-4-3-5-11(10)9-20/h7,10-11H,2-6,8-9H2,1H3,(H,18,19). The van der Waals surface area contributed by atoms with Crippen molar-refractivity contribution >= 4 is 34.8 Å². The van der Waals surface area contributed by atoms with Gasteiger partial charge in [0.25, 0.3) is 0 Å². The molecule has 0 spiro atoms. The quantitative estimate of drug-likeness (QED) is 0.890. The Morgan fingerprint density at radius 2 is 1.95 bits per heavy atom. The molecule has 20 heavy (non-hydrogen) atoms. The molecule has 1 aromatic heterocycles. The summed E-state index contributed by atoms with van der Waals surface area (Å²) in [6, 6.07) is 1.82. The first-order valence-corrected chi connectivity index (χ1v) is 8.29. The van der Waals surface area contributed by atoms with Gasteiger partial charge < -0.3 is 10.2 Å². The second kappa shape index (κ2) is 5.98. The number of pyridine rings is 1. The molecule has 1 saturated carbocycles. The van der Waals surface area contributed by atoms with Crippen LogP contribution in [0.1, 0.15) is 32.6 Å². The van der Waals surface area contributed by atoms with E-state index in [4.69, 9.17) is 23.2 Å². The molecule has 110 valence electrons. The molecule has 0 amide bonds. The van der Waals surface area contributed by atoms with Crippen molar-refractivity contribution in [3.63, 3.8) is 0 Å². The van der Waals surface area contributed by atoms with Gasteiger partial charge in [0, 0.05) is 19.6 Å². The first-order valence-electron chi connectivity index (χ1n) is 7.54. The van der Waals surface area contributed by atoms with E-state index in [1.54, 1.807) is 0 Å². The summed E-state index contributed by atoms with van der Waals surface area (Å²) in [6.45, 7) is 5.18. The lowest BCUT2D eigenvalue weighted by atomic mass is 10.0. The van der Waals surface area contributed by atoms with Crippen LogP contribution >= 0.6 is 23.2 Å². The molecule has 3 nitrogen and oxygen atoms in total. The Morgan fingerprint density at radius 3 is 2.60 bits per heavy atom. The van der Waals surface area contributed by atoms with E-state index >= 15 is 0 Å². The van der Waals surface area contributed by atoms with Crippen LogP contribution in [0.5, 0.6) is 0 Å². The van der Waals surface area contributed by atoms with Gasteiger partial charge >= 0.3 is 0 Å². The van der Waals surface area contributed by atoms with Gasteiger partial charge in [-0.3, -0.25) is 0 Å². The maximum atomic E-state index is 6.36. The van der Waals surface area contributed by atoms with Crippen LogP contribution in [0, 0.1) is 11.8 Å². The molecule has 1 aliphatic carbocycles. The monoisotopic (exact) mass is 313 g/mol. The first kappa shape index (κ1) is 14.3. The Kier molecular flexibility index (Phi) is 4.27. The summed E-state index contributed by atoms with van der Waals surface area (Å²) in [4.78, 5) is 7.01. The van der Waals surface area contributed by atoms with Crippen LogP contribution in [0.25, 0.3) is 0 Å². The van der Waals surface area contributed by atoms with Crippen molar-refractivity contribution in [1.29, 1.82) is 0 Å². The van der Waals surface area contributed by atoms with Gasteiger partial charge in [-0.05, 0) is 37.2 Å². The van der Waals surface area contributed by atoms with E-state index in [1.165, 1.54) is 19.3 Å². The van der Waals surface area contributed by atoms with Crippen LogP contribution in [0.2, 0.25) is 10.0 Å². The summed E-state index contributed by atoms with van der Waals surface area (Å²) < 4.78 is 0. The molecule has 2 heterocycles. The Morgan fingerprint density at radius 1 is 1.25 bits per heavy atom. The van der Waals surface area contributed by atoms with Gasteiger partial charge in [0.1, 0.15) is 11.6 Å². The van der Waals surface area contributed by atoms with Crippen molar-refractivity contribution in [2.45, 2.75) is 32.6 Å². The predicted octanol–water partition coefficient (Wildman–Crippen LogP) is 4.45. The van der Waals surface area contributed by atoms with Gasteiger partial charge in [-0.2, -0.15) is 0 Å². The van der Waals surface area contributed by atoms with Gasteiger partial charge in [0.15, 0.2) is 0 Å². The number of nitrogens with one attached hydrogen (secondary N) is 1. The van der Waals surface area contributed by atoms with Crippen molar-refractivity contribution in [1.82, 2.24) is 4.98 Å². The lowest BCUT2D eigenvalue weighted by Gasteiger charge is -2.21. The average Bonchev–Trinajstić information content (AvgIpc) is 2.98. The molecular weight excluding hydrogens is 293 g/mol. The van der Waals surface area contributed by atoms with Crippen LogP contribution in [0.4, 0.5) is 11.6 Å². The van der Waals surface area contributed by atoms with Gasteiger partial charge in [-0.15, -0.1) is 0 Å². The van der Waals surface area contributed by atoms with Crippen molar-refractivity contribution in [2.24, 2.45) is 11.8 Å². The van der Waals surface area contributed by atoms with E-state index in [1.807, 2.05) is 6.07 Å². The maximum Gasteiger partial charge on any atom is 0.149 e. The van der Waals surface area contributed by atoms with Crippen LogP contribution in [-0.4, -0.2) is 24.6 Å². The summed E-state index contributed by atoms with van der Waals surface area (Å²) in [6.07, 6.45) is 5.14. The minimum absolute atomic E-state index is 0.603. The zero-order valence-electron chi connectivity index (χ0n) is 11.8. The lowest BCUT2D eigenvalue weighted by Crippen LogP contribution is -2.22. The Bertz CT molecular complexity index is 480. The summed E-state index contributed by atoms with van der Waals surface area (Å²) in [5.41, 5.74) is 0. The van der Waals surface area contributed by atoms with Crippen LogP contribution < -0.4 is 10.2 Å². The molecule has 2 fully saturated rings. The Labute approximate surface area is 130 Å². The van der Waals surface area contributed by atoms with Crippen LogP contribution in [0.3, 0.4) is 0 Å². The number of aromatic nitrogens is 1. The van der Waals surface area contributed by atoms with Crippen LogP contribution in [-0.2, 0) is 0 Å². The topological polar surface area (TPSA) is 28.2 Å². The fraction of sp³-hybridized carbons (Fsp3) is 0.667. The molecule has 1 saturated heterocycles. The number of nitrogens with zero attached hydrogens (tertiary/aromatic N) is 2. The van der Waals surface area contributed by atoms with E-state index in [9.17, 15) is 0 Å². The fourth-order valence-electron chi connectivity index (χ4n) is 3.45. The number of hydrogen-bond donors (Lipinski definition) is 1. The second-order valence-corrected chi connectivity index (χ2v) is 6.72. The molecule has 2 atom stereocenters. The third-order valence-electron chi connectivity index (χ3n) is 4.48. The van der Waals surface area contributed by atoms with E-state index in [2.05, 4.69) is 22.1 Å². The van der Waals surface area contributed by atoms with E-state index in [-0.39, 0.29) is 0 Å². The maximum absolute atomic E-state index is 6.36. The van der Waals surface area contributed by atoms with E-state index in [0.29, 0.717) is 10.0 Å². The van der Waals surface area contributed by atoms with E-state index < -0.39 is 0 Å². The second-order valence-electron chi connectivity index (χ2n) is 5.91. The smallest absolute Gasteiger partial charge is 0.149 e. The third-order valence-corrected chi connectivity index (χ3v) is 5.05. The molecule has 2 unspecified atom stereocenters. The van der Waals surface area contributed by atoms with Crippen molar-refractivity contribution < 1.29 is 0 Å². The number of fused-ring (bicyclic) bond motifs is 1. The van der Waals surface area contributed by atoms with Crippen LogP contribution in [0.15, 0.2) is 6.07 Å². The number of anilines is 2. The highest BCUT2D eigenvalue weighted by Crippen LogP contribution is 2.41. The lowest BCUT2D eigenvalue weighted by molar-refractivity contribution is 0.494. The van der Waals surface area contributed by atoms with E-state index in [0.717, 1.165) is 49.5 Å². The van der Waals surface area contributed by atoms with Gasteiger partial charge in [0.2, 0.25) is 0 Å². The number of halogens is 2. The van der Waals surface area contributed by atoms with Crippen molar-refractivity contribution in [3.05, 3.63) is 16.1 Å². The van der Waals surface area contributed by atoms with Crippen molar-refractivity contribution in [2.75, 3.05) is 29.9 Å². The highest BCUT2D eigenvalue weighted by molar-refractivity contribution is 6.37. The Balaban J connectivity index is 1.82. The molecule has 1 aliphatic heterocycles. The van der Waals surface area contributed by atoms with Crippen molar-refractivity contribution in [3.8, 4) is 0 Å². The van der Waals surface area contributed by atoms with Gasteiger partial charge in [0.05, 0.1) is 10.0 Å². The first-order chi connectivity index (χ1) is 9.69. The highest BCUT2D eigenvalue weighted by Gasteiger charge is 2.37. The molecule has 1 aromatic rings. The molecule has 0 radical (unpaired) electrons. The predicted molar refractivity (Wildman–Crippen MR) is 86.1 cm³/mol. The summed E-state index contributed by atoms with van der Waals surface area (Å²) in [5.74, 6) is 3.31. The molecular formula is C15H21Cl2N3. The summed E-state index contributed by atoms with van der Waals surface area (Å²) in [7, 11) is 0. The largest absolute Gasteiger partial charge is 0.369 e. The molecule has 2 aliphatic rings. The Hall–Kier alpha value is -0.670. The SMILES string of the molecule is CCCNc1nc(N2CC3CCCC3C2)c(Cl)cc1Cl. The molecule has 0 bridgehead atoms. The third kappa shape index (κ3) is 2.71. The molecule has 1 N–H and O–H groups in total. The summed E-state index contributed by atoms with van der Waals surface area (Å²) >= 11 is 12.6. The zero-order chi connectivity index (χ0) is 14.1.